The minimum absolute atomic E-state index is 0.0211. The zero-order valence-electron chi connectivity index (χ0n) is 11.3. The Kier molecular flexibility index (Phi) is 5.59. The van der Waals surface area contributed by atoms with Gasteiger partial charge < -0.3 is 15.2 Å². The Morgan fingerprint density at radius 1 is 1.20 bits per heavy atom. The van der Waals surface area contributed by atoms with E-state index >= 15 is 0 Å². The Balaban J connectivity index is 2.24. The Hall–Kier alpha value is -1.36. The van der Waals surface area contributed by atoms with Crippen LogP contribution >= 0.6 is 15.9 Å². The summed E-state index contributed by atoms with van der Waals surface area (Å²) < 4.78 is 6.22. The normalized spacial score (nSPS) is 12.2. The van der Waals surface area contributed by atoms with Gasteiger partial charge in [0.25, 0.3) is 0 Å². The third-order valence-electron chi connectivity index (χ3n) is 3.08. The lowest BCUT2D eigenvalue weighted by atomic mass is 10.0. The van der Waals surface area contributed by atoms with Crippen LogP contribution in [0.2, 0.25) is 0 Å². The number of anilines is 1. The minimum Gasteiger partial charge on any atom is -0.394 e. The lowest BCUT2D eigenvalue weighted by molar-refractivity contribution is 0.183. The molecule has 106 valence electrons. The number of hydrogen-bond donors (Lipinski definition) is 2. The zero-order chi connectivity index (χ0) is 14.4. The number of hydrogen-bond acceptors (Lipinski definition) is 3. The van der Waals surface area contributed by atoms with Crippen molar-refractivity contribution in [2.45, 2.75) is 12.6 Å². The van der Waals surface area contributed by atoms with Crippen LogP contribution in [0.5, 0.6) is 0 Å². The van der Waals surface area contributed by atoms with Crippen LogP contribution in [0.4, 0.5) is 5.69 Å². The van der Waals surface area contributed by atoms with E-state index in [0.29, 0.717) is 6.61 Å². The molecule has 2 N–H and O–H groups in total. The molecule has 0 aliphatic rings. The van der Waals surface area contributed by atoms with Crippen LogP contribution in [0.25, 0.3) is 0 Å². The van der Waals surface area contributed by atoms with Gasteiger partial charge in [0.2, 0.25) is 0 Å². The lowest BCUT2D eigenvalue weighted by Gasteiger charge is -2.21. The van der Waals surface area contributed by atoms with E-state index in [1.54, 1.807) is 7.11 Å². The summed E-state index contributed by atoms with van der Waals surface area (Å²) in [6, 6.07) is 15.7. The van der Waals surface area contributed by atoms with E-state index in [4.69, 9.17) is 4.74 Å². The highest BCUT2D eigenvalue weighted by Gasteiger charge is 2.14. The first-order chi connectivity index (χ1) is 9.74. The molecule has 20 heavy (non-hydrogen) atoms. The second-order valence-corrected chi connectivity index (χ2v) is 5.44. The maximum Gasteiger partial charge on any atom is 0.0748 e. The van der Waals surface area contributed by atoms with Crippen molar-refractivity contribution in [2.24, 2.45) is 0 Å². The van der Waals surface area contributed by atoms with Crippen molar-refractivity contribution < 1.29 is 9.84 Å². The first kappa shape index (κ1) is 15.0. The number of aliphatic hydroxyl groups is 1. The molecule has 0 spiro atoms. The molecule has 1 unspecified atom stereocenters. The van der Waals surface area contributed by atoms with Gasteiger partial charge in [-0.2, -0.15) is 0 Å². The van der Waals surface area contributed by atoms with Gasteiger partial charge in [-0.05, 0) is 29.3 Å². The van der Waals surface area contributed by atoms with Crippen LogP contribution in [0.15, 0.2) is 53.0 Å². The quantitative estimate of drug-likeness (QED) is 0.844. The molecule has 0 saturated carbocycles. The molecule has 2 rings (SSSR count). The smallest absolute Gasteiger partial charge is 0.0748 e. The fourth-order valence-corrected chi connectivity index (χ4v) is 2.56. The van der Waals surface area contributed by atoms with Gasteiger partial charge in [0.15, 0.2) is 0 Å². The molecule has 0 aliphatic heterocycles. The molecular formula is C16H18BrNO2. The Bertz CT molecular complexity index is 560. The number of halogens is 1. The van der Waals surface area contributed by atoms with Crippen molar-refractivity contribution >= 4 is 21.6 Å². The average Bonchev–Trinajstić information content (AvgIpc) is 2.46. The molecule has 0 fully saturated rings. The highest BCUT2D eigenvalue weighted by atomic mass is 79.9. The minimum atomic E-state index is -0.157. The van der Waals surface area contributed by atoms with Crippen molar-refractivity contribution in [1.82, 2.24) is 0 Å². The first-order valence-corrected chi connectivity index (χ1v) is 7.23. The summed E-state index contributed by atoms with van der Waals surface area (Å²) in [6.45, 7) is 0.556. The van der Waals surface area contributed by atoms with Gasteiger partial charge in [0, 0.05) is 17.3 Å². The molecule has 0 aliphatic carbocycles. The number of ether oxygens (including phenoxy) is 1. The predicted molar refractivity (Wildman–Crippen MR) is 84.7 cm³/mol. The highest BCUT2D eigenvalue weighted by molar-refractivity contribution is 9.10. The Morgan fingerprint density at radius 2 is 2.00 bits per heavy atom. The molecule has 0 heterocycles. The van der Waals surface area contributed by atoms with E-state index in [0.717, 1.165) is 21.3 Å². The van der Waals surface area contributed by atoms with Crippen LogP contribution in [0.3, 0.4) is 0 Å². The molecular weight excluding hydrogens is 318 g/mol. The van der Waals surface area contributed by atoms with E-state index in [1.165, 1.54) is 0 Å². The van der Waals surface area contributed by atoms with Gasteiger partial charge in [-0.1, -0.05) is 46.3 Å². The third kappa shape index (κ3) is 3.82. The number of nitrogens with one attached hydrogen (secondary N) is 1. The Labute approximate surface area is 127 Å². The Morgan fingerprint density at radius 3 is 2.70 bits per heavy atom. The van der Waals surface area contributed by atoms with Crippen LogP contribution in [0, 0.1) is 0 Å². The van der Waals surface area contributed by atoms with Crippen molar-refractivity contribution in [3.63, 3.8) is 0 Å². The topological polar surface area (TPSA) is 41.5 Å². The fourth-order valence-electron chi connectivity index (χ4n) is 2.16. The number of benzene rings is 2. The monoisotopic (exact) mass is 335 g/mol. The summed E-state index contributed by atoms with van der Waals surface area (Å²) in [7, 11) is 1.67. The summed E-state index contributed by atoms with van der Waals surface area (Å²) in [5.74, 6) is 0. The average molecular weight is 336 g/mol. The number of rotatable bonds is 6. The van der Waals surface area contributed by atoms with Gasteiger partial charge in [0.05, 0.1) is 19.3 Å². The lowest BCUT2D eigenvalue weighted by Crippen LogP contribution is -2.17. The third-order valence-corrected chi connectivity index (χ3v) is 3.57. The summed E-state index contributed by atoms with van der Waals surface area (Å²) in [5.41, 5.74) is 3.10. The van der Waals surface area contributed by atoms with Gasteiger partial charge in [0.1, 0.15) is 0 Å². The summed E-state index contributed by atoms with van der Waals surface area (Å²) in [4.78, 5) is 0. The highest BCUT2D eigenvalue weighted by Crippen LogP contribution is 2.24. The fraction of sp³-hybridized carbons (Fsp3) is 0.250. The second-order valence-electron chi connectivity index (χ2n) is 4.52. The van der Waals surface area contributed by atoms with E-state index < -0.39 is 0 Å². The molecule has 2 aromatic carbocycles. The maximum atomic E-state index is 9.69. The molecule has 1 atom stereocenters. The van der Waals surface area contributed by atoms with Crippen molar-refractivity contribution in [3.8, 4) is 0 Å². The molecule has 3 nitrogen and oxygen atoms in total. The van der Waals surface area contributed by atoms with Gasteiger partial charge in [-0.25, -0.2) is 0 Å². The summed E-state index contributed by atoms with van der Waals surface area (Å²) >= 11 is 3.45. The molecule has 0 amide bonds. The zero-order valence-corrected chi connectivity index (χ0v) is 12.9. The second kappa shape index (κ2) is 7.43. The molecule has 0 bridgehead atoms. The summed E-state index contributed by atoms with van der Waals surface area (Å²) in [5, 5.41) is 13.0. The SMILES string of the molecule is COCc1ccccc1C(CO)Nc1cccc(Br)c1. The first-order valence-electron chi connectivity index (χ1n) is 6.44. The van der Waals surface area contributed by atoms with Crippen LogP contribution < -0.4 is 5.32 Å². The largest absolute Gasteiger partial charge is 0.394 e. The van der Waals surface area contributed by atoms with E-state index in [-0.39, 0.29) is 12.6 Å². The van der Waals surface area contributed by atoms with Crippen molar-refractivity contribution in [2.75, 3.05) is 19.0 Å². The van der Waals surface area contributed by atoms with Gasteiger partial charge >= 0.3 is 0 Å². The molecule has 0 aromatic heterocycles. The predicted octanol–water partition coefficient (Wildman–Crippen LogP) is 3.74. The maximum absolute atomic E-state index is 9.69. The van der Waals surface area contributed by atoms with Gasteiger partial charge in [-0.15, -0.1) is 0 Å². The van der Waals surface area contributed by atoms with Gasteiger partial charge in [-0.3, -0.25) is 0 Å². The van der Waals surface area contributed by atoms with Crippen molar-refractivity contribution in [3.05, 3.63) is 64.1 Å². The van der Waals surface area contributed by atoms with E-state index in [1.807, 2.05) is 48.5 Å². The summed E-state index contributed by atoms with van der Waals surface area (Å²) in [6.07, 6.45) is 0. The van der Waals surface area contributed by atoms with Crippen LogP contribution in [-0.4, -0.2) is 18.8 Å². The van der Waals surface area contributed by atoms with E-state index in [9.17, 15) is 5.11 Å². The number of aliphatic hydroxyl groups excluding tert-OH is 1. The van der Waals surface area contributed by atoms with Crippen molar-refractivity contribution in [1.29, 1.82) is 0 Å². The van der Waals surface area contributed by atoms with Crippen LogP contribution in [0.1, 0.15) is 17.2 Å². The standard InChI is InChI=1S/C16H18BrNO2/c1-20-11-12-5-2-3-8-15(12)16(10-19)18-14-7-4-6-13(17)9-14/h2-9,16,18-19H,10-11H2,1H3. The molecule has 0 saturated heterocycles. The molecule has 0 radical (unpaired) electrons. The molecule has 2 aromatic rings. The molecule has 4 heteroatoms. The van der Waals surface area contributed by atoms with Crippen LogP contribution in [-0.2, 0) is 11.3 Å². The number of methoxy groups -OCH3 is 1. The van der Waals surface area contributed by atoms with E-state index in [2.05, 4.69) is 21.2 Å².